The Labute approximate surface area is 84.7 Å². The van der Waals surface area contributed by atoms with Gasteiger partial charge >= 0.3 is 0 Å². The van der Waals surface area contributed by atoms with Crippen molar-refractivity contribution in [1.82, 2.24) is 0 Å². The molecule has 0 spiro atoms. The molecule has 0 aromatic heterocycles. The summed E-state index contributed by atoms with van der Waals surface area (Å²) < 4.78 is 0. The van der Waals surface area contributed by atoms with E-state index < -0.39 is 0 Å². The first-order chi connectivity index (χ1) is 6.81. The summed E-state index contributed by atoms with van der Waals surface area (Å²) in [4.78, 5) is 0. The van der Waals surface area contributed by atoms with Gasteiger partial charge in [-0.1, -0.05) is 18.2 Å². The second-order valence-electron chi connectivity index (χ2n) is 3.34. The molecule has 14 heavy (non-hydrogen) atoms. The van der Waals surface area contributed by atoms with Crippen LogP contribution in [0.1, 0.15) is 16.7 Å². The maximum absolute atomic E-state index is 9.17. The largest absolute Gasteiger partial charge is 0.392 e. The molecule has 0 aliphatic rings. The van der Waals surface area contributed by atoms with Crippen LogP contribution in [0.25, 0.3) is 0 Å². The Morgan fingerprint density at radius 3 is 2.29 bits per heavy atom. The molecule has 0 aliphatic carbocycles. The van der Waals surface area contributed by atoms with Crippen LogP contribution in [-0.2, 0) is 19.4 Å². The molecule has 1 rings (SSSR count). The van der Waals surface area contributed by atoms with Gasteiger partial charge in [-0.05, 0) is 42.6 Å². The van der Waals surface area contributed by atoms with E-state index in [0.717, 1.165) is 24.0 Å². The Balaban J connectivity index is 2.87. The fourth-order valence-electron chi connectivity index (χ4n) is 1.55. The molecule has 78 valence electrons. The molecule has 1 aromatic carbocycles. The molecule has 0 amide bonds. The van der Waals surface area contributed by atoms with Crippen molar-refractivity contribution in [2.45, 2.75) is 19.4 Å². The van der Waals surface area contributed by atoms with Gasteiger partial charge in [0, 0.05) is 0 Å². The zero-order valence-corrected chi connectivity index (χ0v) is 8.37. The van der Waals surface area contributed by atoms with E-state index >= 15 is 0 Å². The molecule has 0 radical (unpaired) electrons. The van der Waals surface area contributed by atoms with Crippen molar-refractivity contribution in [2.24, 2.45) is 11.5 Å². The standard InChI is InChI=1S/C11H18N2O/c12-5-3-9-1-2-10(4-6-13)11(7-9)8-14/h1-2,7,14H,3-6,8,12-13H2. The molecular weight excluding hydrogens is 176 g/mol. The zero-order chi connectivity index (χ0) is 10.4. The van der Waals surface area contributed by atoms with Crippen molar-refractivity contribution in [3.63, 3.8) is 0 Å². The Morgan fingerprint density at radius 1 is 1.00 bits per heavy atom. The Bertz CT molecular complexity index is 287. The number of aliphatic hydroxyl groups is 1. The van der Waals surface area contributed by atoms with Gasteiger partial charge < -0.3 is 16.6 Å². The monoisotopic (exact) mass is 194 g/mol. The minimum absolute atomic E-state index is 0.0771. The molecule has 0 atom stereocenters. The fourth-order valence-corrected chi connectivity index (χ4v) is 1.55. The third kappa shape index (κ3) is 2.80. The molecule has 3 nitrogen and oxygen atoms in total. The molecule has 3 heteroatoms. The summed E-state index contributed by atoms with van der Waals surface area (Å²) >= 11 is 0. The molecule has 0 saturated carbocycles. The lowest BCUT2D eigenvalue weighted by Crippen LogP contribution is -2.07. The number of hydrogen-bond acceptors (Lipinski definition) is 3. The van der Waals surface area contributed by atoms with Gasteiger partial charge in [0.2, 0.25) is 0 Å². The van der Waals surface area contributed by atoms with Gasteiger partial charge in [0.05, 0.1) is 6.61 Å². The lowest BCUT2D eigenvalue weighted by Gasteiger charge is -2.08. The number of hydrogen-bond donors (Lipinski definition) is 3. The third-order valence-corrected chi connectivity index (χ3v) is 2.29. The lowest BCUT2D eigenvalue weighted by atomic mass is 10.0. The Morgan fingerprint density at radius 2 is 1.71 bits per heavy atom. The van der Waals surface area contributed by atoms with Crippen LogP contribution in [0.2, 0.25) is 0 Å². The van der Waals surface area contributed by atoms with Gasteiger partial charge in [-0.15, -0.1) is 0 Å². The van der Waals surface area contributed by atoms with Crippen LogP contribution in [0.3, 0.4) is 0 Å². The van der Waals surface area contributed by atoms with Gasteiger partial charge in [0.1, 0.15) is 0 Å². The molecule has 0 bridgehead atoms. The van der Waals surface area contributed by atoms with E-state index in [9.17, 15) is 0 Å². The van der Waals surface area contributed by atoms with Crippen LogP contribution in [0, 0.1) is 0 Å². The summed E-state index contributed by atoms with van der Waals surface area (Å²) in [6, 6.07) is 6.10. The SMILES string of the molecule is NCCc1ccc(CCN)c(CO)c1. The summed E-state index contributed by atoms with van der Waals surface area (Å²) in [5.74, 6) is 0. The number of nitrogens with two attached hydrogens (primary N) is 2. The number of rotatable bonds is 5. The van der Waals surface area contributed by atoms with E-state index in [2.05, 4.69) is 6.07 Å². The maximum atomic E-state index is 9.17. The van der Waals surface area contributed by atoms with Crippen LogP contribution >= 0.6 is 0 Å². The topological polar surface area (TPSA) is 72.3 Å². The molecular formula is C11H18N2O. The average Bonchev–Trinajstić information content (AvgIpc) is 2.21. The van der Waals surface area contributed by atoms with Crippen LogP contribution < -0.4 is 11.5 Å². The average molecular weight is 194 g/mol. The van der Waals surface area contributed by atoms with Crippen molar-refractivity contribution >= 4 is 0 Å². The maximum Gasteiger partial charge on any atom is 0.0684 e. The summed E-state index contributed by atoms with van der Waals surface area (Å²) in [7, 11) is 0. The normalized spacial score (nSPS) is 10.5. The summed E-state index contributed by atoms with van der Waals surface area (Å²) in [5.41, 5.74) is 14.2. The minimum Gasteiger partial charge on any atom is -0.392 e. The van der Waals surface area contributed by atoms with Crippen molar-refractivity contribution in [3.8, 4) is 0 Å². The first-order valence-electron chi connectivity index (χ1n) is 4.93. The summed E-state index contributed by atoms with van der Waals surface area (Å²) in [6.45, 7) is 1.33. The van der Waals surface area contributed by atoms with Gasteiger partial charge in [-0.2, -0.15) is 0 Å². The Kier molecular flexibility index (Phi) is 4.59. The highest BCUT2D eigenvalue weighted by Crippen LogP contribution is 2.13. The van der Waals surface area contributed by atoms with Crippen molar-refractivity contribution in [1.29, 1.82) is 0 Å². The second-order valence-corrected chi connectivity index (χ2v) is 3.34. The first kappa shape index (κ1) is 11.2. The minimum atomic E-state index is 0.0771. The van der Waals surface area contributed by atoms with Crippen molar-refractivity contribution < 1.29 is 5.11 Å². The Hall–Kier alpha value is -0.900. The van der Waals surface area contributed by atoms with Gasteiger partial charge in [0.25, 0.3) is 0 Å². The second kappa shape index (κ2) is 5.75. The third-order valence-electron chi connectivity index (χ3n) is 2.29. The highest BCUT2D eigenvalue weighted by Gasteiger charge is 2.02. The van der Waals surface area contributed by atoms with Crippen LogP contribution in [0.15, 0.2) is 18.2 Å². The zero-order valence-electron chi connectivity index (χ0n) is 8.37. The van der Waals surface area contributed by atoms with Crippen molar-refractivity contribution in [3.05, 3.63) is 34.9 Å². The lowest BCUT2D eigenvalue weighted by molar-refractivity contribution is 0.280. The number of benzene rings is 1. The molecule has 0 heterocycles. The van der Waals surface area contributed by atoms with E-state index in [1.54, 1.807) is 0 Å². The number of aliphatic hydroxyl groups excluding tert-OH is 1. The van der Waals surface area contributed by atoms with E-state index in [1.807, 2.05) is 12.1 Å². The highest BCUT2D eigenvalue weighted by atomic mass is 16.3. The van der Waals surface area contributed by atoms with E-state index in [0.29, 0.717) is 13.1 Å². The smallest absolute Gasteiger partial charge is 0.0684 e. The van der Waals surface area contributed by atoms with Crippen molar-refractivity contribution in [2.75, 3.05) is 13.1 Å². The first-order valence-corrected chi connectivity index (χ1v) is 4.93. The van der Waals surface area contributed by atoms with Gasteiger partial charge in [-0.3, -0.25) is 0 Å². The quantitative estimate of drug-likeness (QED) is 0.626. The molecule has 5 N–H and O–H groups in total. The highest BCUT2D eigenvalue weighted by molar-refractivity contribution is 5.32. The van der Waals surface area contributed by atoms with Gasteiger partial charge in [-0.25, -0.2) is 0 Å². The van der Waals surface area contributed by atoms with Crippen LogP contribution in [0.5, 0.6) is 0 Å². The summed E-state index contributed by atoms with van der Waals surface area (Å²) in [5, 5.41) is 9.17. The molecule has 0 fully saturated rings. The van der Waals surface area contributed by atoms with E-state index in [-0.39, 0.29) is 6.61 Å². The van der Waals surface area contributed by atoms with E-state index in [1.165, 1.54) is 5.56 Å². The predicted octanol–water partition coefficient (Wildman–Crippen LogP) is 0.181. The van der Waals surface area contributed by atoms with Gasteiger partial charge in [0.15, 0.2) is 0 Å². The van der Waals surface area contributed by atoms with Crippen LogP contribution in [0.4, 0.5) is 0 Å². The fraction of sp³-hybridized carbons (Fsp3) is 0.455. The van der Waals surface area contributed by atoms with Crippen LogP contribution in [-0.4, -0.2) is 18.2 Å². The summed E-state index contributed by atoms with van der Waals surface area (Å²) in [6.07, 6.45) is 1.68. The predicted molar refractivity (Wildman–Crippen MR) is 57.9 cm³/mol. The molecule has 1 aromatic rings. The molecule has 0 aliphatic heterocycles. The van der Waals surface area contributed by atoms with E-state index in [4.69, 9.17) is 16.6 Å². The molecule has 0 unspecified atom stereocenters. The molecule has 0 saturated heterocycles.